The standard InChI is InChI=1S/C27H34BN3O7S/c1-15(2)14-22(28-37-26(35)17(4)39-18(5)27(36)38-28)30-25(34)23(16(3)32)31-24(33)21-13-9-12-20(29-21)19-10-7-6-8-11-19/h6-13,15-18,22-23,32H,14H2,1-5H3,(H,30,34)(H,31,33)/t16-,17-,18-,22+,23+/m1/s1. The van der Waals surface area contributed by atoms with Crippen LogP contribution in [-0.4, -0.2) is 69.5 Å². The van der Waals surface area contributed by atoms with Gasteiger partial charge in [-0.3, -0.25) is 19.2 Å². The molecule has 5 atom stereocenters. The molecule has 0 saturated carbocycles. The Morgan fingerprint density at radius 2 is 1.59 bits per heavy atom. The predicted molar refractivity (Wildman–Crippen MR) is 148 cm³/mol. The quantitative estimate of drug-likeness (QED) is 0.398. The number of hydrogen-bond donors (Lipinski definition) is 3. The van der Waals surface area contributed by atoms with Crippen molar-refractivity contribution in [1.29, 1.82) is 0 Å². The van der Waals surface area contributed by atoms with Gasteiger partial charge >= 0.3 is 19.1 Å². The van der Waals surface area contributed by atoms with Gasteiger partial charge in [0.1, 0.15) is 11.7 Å². The Morgan fingerprint density at radius 1 is 0.974 bits per heavy atom. The molecule has 12 heteroatoms. The Kier molecular flexibility index (Phi) is 10.5. The zero-order valence-corrected chi connectivity index (χ0v) is 23.4. The van der Waals surface area contributed by atoms with Gasteiger partial charge in [0.25, 0.3) is 5.91 Å². The average Bonchev–Trinajstić information content (AvgIpc) is 2.90. The van der Waals surface area contributed by atoms with Gasteiger partial charge in [0.2, 0.25) is 5.91 Å². The molecule has 2 amide bonds. The third-order valence-electron chi connectivity index (χ3n) is 6.02. The van der Waals surface area contributed by atoms with Gasteiger partial charge < -0.3 is 25.0 Å². The Bertz CT molecular complexity index is 1160. The summed E-state index contributed by atoms with van der Waals surface area (Å²) in [4.78, 5) is 55.8. The third kappa shape index (κ3) is 8.30. The second kappa shape index (κ2) is 13.6. The van der Waals surface area contributed by atoms with Crippen LogP contribution in [0.5, 0.6) is 0 Å². The van der Waals surface area contributed by atoms with Gasteiger partial charge in [0, 0.05) is 5.56 Å². The molecule has 2 aromatic rings. The maximum Gasteiger partial charge on any atom is 0.622 e. The van der Waals surface area contributed by atoms with E-state index in [-0.39, 0.29) is 11.6 Å². The highest BCUT2D eigenvalue weighted by Crippen LogP contribution is 2.24. The first-order valence-corrected chi connectivity index (χ1v) is 13.8. The van der Waals surface area contributed by atoms with Crippen molar-refractivity contribution in [2.45, 2.75) is 69.6 Å². The summed E-state index contributed by atoms with van der Waals surface area (Å²) in [7, 11) is -1.36. The molecule has 1 aromatic carbocycles. The van der Waals surface area contributed by atoms with E-state index in [0.717, 1.165) is 17.3 Å². The number of carbonyl (C=O) groups is 4. The first-order chi connectivity index (χ1) is 18.5. The van der Waals surface area contributed by atoms with Crippen molar-refractivity contribution in [3.05, 3.63) is 54.2 Å². The van der Waals surface area contributed by atoms with Crippen molar-refractivity contribution in [3.8, 4) is 11.3 Å². The molecule has 0 aliphatic carbocycles. The number of carbonyl (C=O) groups excluding carboxylic acids is 4. The molecule has 3 N–H and O–H groups in total. The van der Waals surface area contributed by atoms with Crippen LogP contribution in [-0.2, 0) is 23.7 Å². The van der Waals surface area contributed by atoms with Crippen LogP contribution in [0.2, 0.25) is 0 Å². The molecule has 2 heterocycles. The lowest BCUT2D eigenvalue weighted by molar-refractivity contribution is -0.141. The fourth-order valence-corrected chi connectivity index (χ4v) is 4.94. The molecule has 10 nitrogen and oxygen atoms in total. The van der Waals surface area contributed by atoms with Crippen molar-refractivity contribution in [1.82, 2.24) is 15.6 Å². The number of benzene rings is 1. The van der Waals surface area contributed by atoms with Crippen LogP contribution >= 0.6 is 11.8 Å². The number of amides is 2. The lowest BCUT2D eigenvalue weighted by Crippen LogP contribution is -2.59. The minimum Gasteiger partial charge on any atom is -0.497 e. The van der Waals surface area contributed by atoms with Gasteiger partial charge in [0.15, 0.2) is 0 Å². The molecular weight excluding hydrogens is 521 g/mol. The van der Waals surface area contributed by atoms with E-state index >= 15 is 0 Å². The van der Waals surface area contributed by atoms with Gasteiger partial charge in [-0.05, 0) is 45.2 Å². The van der Waals surface area contributed by atoms with Gasteiger partial charge in [-0.1, -0.05) is 50.2 Å². The van der Waals surface area contributed by atoms with Gasteiger partial charge in [-0.15, -0.1) is 11.8 Å². The molecule has 0 spiro atoms. The summed E-state index contributed by atoms with van der Waals surface area (Å²) < 4.78 is 10.9. The van der Waals surface area contributed by atoms with Crippen LogP contribution in [0.15, 0.2) is 48.5 Å². The monoisotopic (exact) mass is 555 g/mol. The first-order valence-electron chi connectivity index (χ1n) is 12.8. The topological polar surface area (TPSA) is 144 Å². The highest BCUT2D eigenvalue weighted by atomic mass is 32.2. The van der Waals surface area contributed by atoms with Crippen molar-refractivity contribution in [2.75, 3.05) is 0 Å². The summed E-state index contributed by atoms with van der Waals surface area (Å²) in [5.41, 5.74) is 1.46. The van der Waals surface area contributed by atoms with Crippen LogP contribution in [0.4, 0.5) is 0 Å². The van der Waals surface area contributed by atoms with Crippen LogP contribution in [0.3, 0.4) is 0 Å². The summed E-state index contributed by atoms with van der Waals surface area (Å²) in [6, 6.07) is 12.9. The SMILES string of the molecule is CC(C)C[C@H](NC(=O)[C@@H](NC(=O)c1cccc(-c2ccccc2)n1)[C@@H](C)O)B1OC(=O)[C@@H](C)S[C@H](C)C(=O)O1. The summed E-state index contributed by atoms with van der Waals surface area (Å²) in [5, 5.41) is 14.4. The van der Waals surface area contributed by atoms with E-state index in [1.165, 1.54) is 13.0 Å². The highest BCUT2D eigenvalue weighted by Gasteiger charge is 2.44. The zero-order valence-electron chi connectivity index (χ0n) is 22.6. The average molecular weight is 555 g/mol. The van der Waals surface area contributed by atoms with E-state index in [1.54, 1.807) is 26.0 Å². The maximum absolute atomic E-state index is 13.3. The van der Waals surface area contributed by atoms with Crippen molar-refractivity contribution in [3.63, 3.8) is 0 Å². The molecule has 1 saturated heterocycles. The lowest BCUT2D eigenvalue weighted by Gasteiger charge is -2.30. The zero-order chi connectivity index (χ0) is 28.7. The van der Waals surface area contributed by atoms with Crippen molar-refractivity contribution < 1.29 is 33.6 Å². The number of aliphatic hydroxyl groups is 1. The van der Waals surface area contributed by atoms with E-state index in [1.807, 2.05) is 44.2 Å². The molecule has 1 aromatic heterocycles. The van der Waals surface area contributed by atoms with E-state index < -0.39 is 59.5 Å². The van der Waals surface area contributed by atoms with Crippen molar-refractivity contribution in [2.24, 2.45) is 5.92 Å². The smallest absolute Gasteiger partial charge is 0.497 e. The van der Waals surface area contributed by atoms with Gasteiger partial charge in [-0.25, -0.2) is 4.98 Å². The fourth-order valence-electron chi connectivity index (χ4n) is 4.00. The number of aliphatic hydroxyl groups excluding tert-OH is 1. The number of aromatic nitrogens is 1. The second-order valence-electron chi connectivity index (χ2n) is 9.87. The van der Waals surface area contributed by atoms with E-state index in [4.69, 9.17) is 9.31 Å². The molecule has 1 aliphatic heterocycles. The molecule has 0 bridgehead atoms. The summed E-state index contributed by atoms with van der Waals surface area (Å²) in [6.07, 6.45) is -0.974. The molecule has 39 heavy (non-hydrogen) atoms. The molecular formula is C27H34BN3O7S. The number of nitrogens with zero attached hydrogens (tertiary/aromatic N) is 1. The first kappa shape index (κ1) is 30.2. The van der Waals surface area contributed by atoms with Gasteiger partial charge in [0.05, 0.1) is 28.2 Å². The summed E-state index contributed by atoms with van der Waals surface area (Å²) in [6.45, 7) is 8.43. The number of hydrogen-bond acceptors (Lipinski definition) is 9. The molecule has 208 valence electrons. The molecule has 1 fully saturated rings. The Morgan fingerprint density at radius 3 is 2.15 bits per heavy atom. The highest BCUT2D eigenvalue weighted by molar-refractivity contribution is 8.01. The number of rotatable bonds is 9. The Hall–Kier alpha value is -3.38. The van der Waals surface area contributed by atoms with Crippen LogP contribution in [0, 0.1) is 5.92 Å². The number of pyridine rings is 1. The normalized spacial score (nSPS) is 20.1. The lowest BCUT2D eigenvalue weighted by atomic mass is 9.73. The molecule has 3 rings (SSSR count). The molecule has 0 radical (unpaired) electrons. The maximum atomic E-state index is 13.3. The minimum atomic E-state index is -1.36. The summed E-state index contributed by atoms with van der Waals surface area (Å²) >= 11 is 1.12. The molecule has 0 unspecified atom stereocenters. The Balaban J connectivity index is 1.79. The number of nitrogens with one attached hydrogen (secondary N) is 2. The van der Waals surface area contributed by atoms with E-state index in [0.29, 0.717) is 12.1 Å². The Labute approximate surface area is 232 Å². The second-order valence-corrected chi connectivity index (χ2v) is 11.6. The van der Waals surface area contributed by atoms with Crippen LogP contribution < -0.4 is 10.6 Å². The van der Waals surface area contributed by atoms with E-state index in [9.17, 15) is 24.3 Å². The minimum absolute atomic E-state index is 0.0203. The van der Waals surface area contributed by atoms with E-state index in [2.05, 4.69) is 15.6 Å². The fraction of sp³-hybridized carbons (Fsp3) is 0.444. The number of thioether (sulfide) groups is 1. The van der Waals surface area contributed by atoms with Crippen LogP contribution in [0.1, 0.15) is 51.5 Å². The third-order valence-corrected chi connectivity index (χ3v) is 7.22. The van der Waals surface area contributed by atoms with Crippen molar-refractivity contribution >= 4 is 42.6 Å². The van der Waals surface area contributed by atoms with Crippen LogP contribution in [0.25, 0.3) is 11.3 Å². The predicted octanol–water partition coefficient (Wildman–Crippen LogP) is 2.40. The largest absolute Gasteiger partial charge is 0.622 e. The van der Waals surface area contributed by atoms with Gasteiger partial charge in [-0.2, -0.15) is 0 Å². The summed E-state index contributed by atoms with van der Waals surface area (Å²) in [5.74, 6) is -3.42. The molecule has 1 aliphatic rings.